The molecule has 0 N–H and O–H groups in total. The molecule has 5 heteroatoms. The Labute approximate surface area is 89.3 Å². The Morgan fingerprint density at radius 2 is 2.00 bits per heavy atom. The average molecular weight is 223 g/mol. The Morgan fingerprint density at radius 1 is 1.31 bits per heavy atom. The molecule has 0 heterocycles. The van der Waals surface area contributed by atoms with Crippen molar-refractivity contribution in [2.75, 3.05) is 0 Å². The number of alkyl halides is 3. The van der Waals surface area contributed by atoms with Gasteiger partial charge in [-0.25, -0.2) is 0 Å². The molecule has 0 saturated carbocycles. The maximum absolute atomic E-state index is 12.5. The summed E-state index contributed by atoms with van der Waals surface area (Å²) in [7, 11) is 0. The van der Waals surface area contributed by atoms with Gasteiger partial charge in [-0.15, -0.1) is 0 Å². The van der Waals surface area contributed by atoms with Crippen LogP contribution in [-0.4, -0.2) is 6.29 Å². The number of halogens is 3. The normalized spacial score (nSPS) is 9.88. The zero-order chi connectivity index (χ0) is 12.2. The van der Waals surface area contributed by atoms with Gasteiger partial charge >= 0.3 is 6.18 Å². The molecule has 1 aromatic rings. The third-order valence-electron chi connectivity index (χ3n) is 1.75. The molecule has 1 rings (SSSR count). The monoisotopic (exact) mass is 223 g/mol. The minimum absolute atomic E-state index is 0.0412. The molecule has 0 aliphatic rings. The van der Waals surface area contributed by atoms with Gasteiger partial charge in [0.15, 0.2) is 12.4 Å². The fourth-order valence-electron chi connectivity index (χ4n) is 1.08. The summed E-state index contributed by atoms with van der Waals surface area (Å²) < 4.78 is 37.4. The highest BCUT2D eigenvalue weighted by atomic mass is 19.4. The summed E-state index contributed by atoms with van der Waals surface area (Å²) in [4.78, 5) is 10.4. The van der Waals surface area contributed by atoms with Gasteiger partial charge in [0.2, 0.25) is 0 Å². The number of aldehydes is 1. The molecule has 0 atom stereocenters. The van der Waals surface area contributed by atoms with E-state index in [1.54, 1.807) is 0 Å². The number of nitriles is 1. The molecule has 0 bridgehead atoms. The Kier molecular flexibility index (Phi) is 3.32. The Hall–Kier alpha value is -2.27. The van der Waals surface area contributed by atoms with E-state index < -0.39 is 17.3 Å². The molecule has 80 valence electrons. The second-order valence-corrected chi connectivity index (χ2v) is 2.78. The van der Waals surface area contributed by atoms with E-state index in [-0.39, 0.29) is 11.8 Å². The number of nitrogens with zero attached hydrogens (tertiary/aromatic N) is 1. The first kappa shape index (κ1) is 11.8. The van der Waals surface area contributed by atoms with Crippen molar-refractivity contribution in [3.63, 3.8) is 0 Å². The van der Waals surface area contributed by atoms with Gasteiger partial charge in [-0.05, 0) is 18.2 Å². The minimum atomic E-state index is -4.61. The molecule has 16 heavy (non-hydrogen) atoms. The lowest BCUT2D eigenvalue weighted by Gasteiger charge is -2.09. The van der Waals surface area contributed by atoms with Crippen LogP contribution in [0.5, 0.6) is 0 Å². The highest BCUT2D eigenvalue weighted by molar-refractivity contribution is 5.78. The van der Waals surface area contributed by atoms with E-state index in [4.69, 9.17) is 5.26 Å². The lowest BCUT2D eigenvalue weighted by Crippen LogP contribution is -2.09. The van der Waals surface area contributed by atoms with Gasteiger partial charge in [0.25, 0.3) is 0 Å². The standard InChI is InChI=1S/C11H4F3NO/c12-11(13,14)10-6-8(2-1-5-15)3-4-9(10)7-16/h3-4,6-7H. The van der Waals surface area contributed by atoms with E-state index in [1.165, 1.54) is 12.1 Å². The van der Waals surface area contributed by atoms with Crippen molar-refractivity contribution in [3.05, 3.63) is 34.9 Å². The van der Waals surface area contributed by atoms with Gasteiger partial charge in [-0.2, -0.15) is 18.4 Å². The van der Waals surface area contributed by atoms with E-state index in [0.717, 1.165) is 12.1 Å². The molecule has 0 radical (unpaired) electrons. The first-order valence-corrected chi connectivity index (χ1v) is 4.05. The van der Waals surface area contributed by atoms with Crippen LogP contribution in [0, 0.1) is 23.2 Å². The van der Waals surface area contributed by atoms with Crippen LogP contribution in [0.2, 0.25) is 0 Å². The Bertz CT molecular complexity index is 515. The summed E-state index contributed by atoms with van der Waals surface area (Å²) in [5.74, 6) is 4.21. The zero-order valence-corrected chi connectivity index (χ0v) is 7.80. The topological polar surface area (TPSA) is 40.9 Å². The van der Waals surface area contributed by atoms with Crippen LogP contribution in [-0.2, 0) is 6.18 Å². The van der Waals surface area contributed by atoms with Crippen LogP contribution in [0.4, 0.5) is 13.2 Å². The molecular weight excluding hydrogens is 219 g/mol. The first-order valence-electron chi connectivity index (χ1n) is 4.05. The lowest BCUT2D eigenvalue weighted by molar-refractivity contribution is -0.137. The van der Waals surface area contributed by atoms with E-state index >= 15 is 0 Å². The number of carbonyl (C=O) groups excluding carboxylic acids is 1. The number of rotatable bonds is 1. The van der Waals surface area contributed by atoms with Crippen molar-refractivity contribution in [2.45, 2.75) is 6.18 Å². The van der Waals surface area contributed by atoms with E-state index in [9.17, 15) is 18.0 Å². The van der Waals surface area contributed by atoms with Gasteiger partial charge in [-0.3, -0.25) is 4.79 Å². The molecular formula is C11H4F3NO. The van der Waals surface area contributed by atoms with Gasteiger partial charge in [0, 0.05) is 17.0 Å². The lowest BCUT2D eigenvalue weighted by atomic mass is 10.0. The SMILES string of the molecule is N#CC#Cc1ccc(C=O)c(C(F)(F)F)c1. The fourth-order valence-corrected chi connectivity index (χ4v) is 1.08. The van der Waals surface area contributed by atoms with Crippen LogP contribution in [0.3, 0.4) is 0 Å². The largest absolute Gasteiger partial charge is 0.417 e. The second kappa shape index (κ2) is 4.50. The number of hydrogen-bond acceptors (Lipinski definition) is 2. The van der Waals surface area contributed by atoms with E-state index in [2.05, 4.69) is 5.92 Å². The van der Waals surface area contributed by atoms with Crippen LogP contribution in [0.25, 0.3) is 0 Å². The molecule has 0 aliphatic heterocycles. The Balaban J connectivity index is 3.34. The van der Waals surface area contributed by atoms with Gasteiger partial charge in [0.1, 0.15) is 0 Å². The molecule has 0 aliphatic carbocycles. The molecule has 0 unspecified atom stereocenters. The van der Waals surface area contributed by atoms with Crippen LogP contribution >= 0.6 is 0 Å². The number of carbonyl (C=O) groups is 1. The molecule has 0 fully saturated rings. The Morgan fingerprint density at radius 3 is 2.50 bits per heavy atom. The zero-order valence-electron chi connectivity index (χ0n) is 7.80. The van der Waals surface area contributed by atoms with Gasteiger partial charge < -0.3 is 0 Å². The van der Waals surface area contributed by atoms with Crippen molar-refractivity contribution in [1.29, 1.82) is 5.26 Å². The average Bonchev–Trinajstić information content (AvgIpc) is 2.24. The van der Waals surface area contributed by atoms with E-state index in [1.807, 2.05) is 5.92 Å². The molecule has 0 aromatic heterocycles. The van der Waals surface area contributed by atoms with Crippen molar-refractivity contribution in [2.24, 2.45) is 0 Å². The van der Waals surface area contributed by atoms with Gasteiger partial charge in [0.05, 0.1) is 5.56 Å². The van der Waals surface area contributed by atoms with Crippen molar-refractivity contribution in [1.82, 2.24) is 0 Å². The van der Waals surface area contributed by atoms with Crippen molar-refractivity contribution < 1.29 is 18.0 Å². The van der Waals surface area contributed by atoms with Crippen LogP contribution in [0.15, 0.2) is 18.2 Å². The number of hydrogen-bond donors (Lipinski definition) is 0. The maximum atomic E-state index is 12.5. The van der Waals surface area contributed by atoms with Crippen molar-refractivity contribution in [3.8, 4) is 17.9 Å². The minimum Gasteiger partial charge on any atom is -0.298 e. The quantitative estimate of drug-likeness (QED) is 0.541. The summed E-state index contributed by atoms with van der Waals surface area (Å²) in [6, 6.07) is 4.51. The second-order valence-electron chi connectivity index (χ2n) is 2.78. The molecule has 0 spiro atoms. The predicted molar refractivity (Wildman–Crippen MR) is 49.3 cm³/mol. The summed E-state index contributed by atoms with van der Waals surface area (Å²) in [5.41, 5.74) is -1.46. The summed E-state index contributed by atoms with van der Waals surface area (Å²) in [5, 5.41) is 8.16. The predicted octanol–water partition coefficient (Wildman–Crippen LogP) is 2.39. The van der Waals surface area contributed by atoms with E-state index in [0.29, 0.717) is 0 Å². The first-order chi connectivity index (χ1) is 7.49. The van der Waals surface area contributed by atoms with Crippen molar-refractivity contribution >= 4 is 6.29 Å². The maximum Gasteiger partial charge on any atom is 0.417 e. The third-order valence-corrected chi connectivity index (χ3v) is 1.75. The van der Waals surface area contributed by atoms with Crippen LogP contribution < -0.4 is 0 Å². The van der Waals surface area contributed by atoms with Gasteiger partial charge in [-0.1, -0.05) is 5.92 Å². The molecule has 2 nitrogen and oxygen atoms in total. The summed E-state index contributed by atoms with van der Waals surface area (Å²) >= 11 is 0. The fraction of sp³-hybridized carbons (Fsp3) is 0.0909. The highest BCUT2D eigenvalue weighted by Gasteiger charge is 2.33. The smallest absolute Gasteiger partial charge is 0.298 e. The molecule has 0 saturated heterocycles. The van der Waals surface area contributed by atoms with Crippen LogP contribution in [0.1, 0.15) is 21.5 Å². The summed E-state index contributed by atoms with van der Waals surface area (Å²) in [6.45, 7) is 0. The summed E-state index contributed by atoms with van der Waals surface area (Å²) in [6.07, 6.45) is -4.48. The third kappa shape index (κ3) is 2.61. The molecule has 1 aromatic carbocycles. The number of benzene rings is 1. The molecule has 0 amide bonds. The highest BCUT2D eigenvalue weighted by Crippen LogP contribution is 2.31.